The molecular weight excluding hydrogens is 222 g/mol. The minimum absolute atomic E-state index is 0.0416. The Kier molecular flexibility index (Phi) is 3.23. The Hall–Kier alpha value is -1.69. The van der Waals surface area contributed by atoms with E-state index in [4.69, 9.17) is 5.11 Å². The van der Waals surface area contributed by atoms with Gasteiger partial charge < -0.3 is 15.1 Å². The van der Waals surface area contributed by atoms with Crippen molar-refractivity contribution in [3.63, 3.8) is 0 Å². The molecule has 0 unspecified atom stereocenters. The maximum atomic E-state index is 10.6. The average molecular weight is 237 g/mol. The first kappa shape index (κ1) is 11.8. The number of hydrogen-bond acceptors (Lipinski definition) is 5. The molecule has 0 saturated heterocycles. The summed E-state index contributed by atoms with van der Waals surface area (Å²) in [6, 6.07) is 0.0416. The number of likely N-dealkylation sites (N-methyl/N-ethyl adjacent to an activating group) is 1. The van der Waals surface area contributed by atoms with E-state index in [0.717, 1.165) is 19.3 Å². The van der Waals surface area contributed by atoms with Crippen molar-refractivity contribution in [2.24, 2.45) is 0 Å². The predicted octanol–water partition coefficient (Wildman–Crippen LogP) is 0.524. The van der Waals surface area contributed by atoms with Crippen LogP contribution in [0.2, 0.25) is 0 Å². The van der Waals surface area contributed by atoms with E-state index in [1.165, 1.54) is 12.4 Å². The van der Waals surface area contributed by atoms with Crippen molar-refractivity contribution in [1.82, 2.24) is 9.97 Å². The molecule has 1 aromatic rings. The molecule has 1 aromatic heterocycles. The van der Waals surface area contributed by atoms with Gasteiger partial charge in [0.25, 0.3) is 0 Å². The zero-order valence-electron chi connectivity index (χ0n) is 9.58. The van der Waals surface area contributed by atoms with E-state index in [1.807, 2.05) is 11.9 Å². The summed E-state index contributed by atoms with van der Waals surface area (Å²) in [6.07, 6.45) is 5.03. The van der Waals surface area contributed by atoms with E-state index < -0.39 is 5.97 Å². The highest BCUT2D eigenvalue weighted by molar-refractivity contribution is 5.84. The fourth-order valence-electron chi connectivity index (χ4n) is 2.16. The molecule has 0 spiro atoms. The van der Waals surface area contributed by atoms with Crippen molar-refractivity contribution in [3.8, 4) is 0 Å². The number of nitrogens with zero attached hydrogens (tertiary/aromatic N) is 3. The van der Waals surface area contributed by atoms with Crippen LogP contribution >= 0.6 is 0 Å². The quantitative estimate of drug-likeness (QED) is 0.797. The van der Waals surface area contributed by atoms with Gasteiger partial charge in [-0.1, -0.05) is 0 Å². The molecule has 6 heteroatoms. The number of carboxylic acid groups (broad SMARTS) is 1. The summed E-state index contributed by atoms with van der Waals surface area (Å²) in [6.45, 7) is 0. The molecule has 0 amide bonds. The maximum absolute atomic E-state index is 10.6. The van der Waals surface area contributed by atoms with Crippen LogP contribution in [0.4, 0.5) is 5.82 Å². The lowest BCUT2D eigenvalue weighted by atomic mass is 10.2. The molecule has 0 aromatic carbocycles. The van der Waals surface area contributed by atoms with Gasteiger partial charge in [-0.2, -0.15) is 0 Å². The standard InChI is InChI=1S/C11H15N3O3/c1-14(8-3-2-4-9(8)15)10-6-12-7(5-13-10)11(16)17/h5-6,8-9,15H,2-4H2,1H3,(H,16,17)/t8-,9-/m1/s1. The van der Waals surface area contributed by atoms with E-state index in [9.17, 15) is 9.90 Å². The highest BCUT2D eigenvalue weighted by atomic mass is 16.4. The molecule has 0 radical (unpaired) electrons. The summed E-state index contributed by atoms with van der Waals surface area (Å²) in [5.41, 5.74) is -0.0749. The number of aliphatic hydroxyl groups is 1. The fourth-order valence-corrected chi connectivity index (χ4v) is 2.16. The average Bonchev–Trinajstić information content (AvgIpc) is 2.74. The third-order valence-electron chi connectivity index (χ3n) is 3.16. The molecule has 92 valence electrons. The first-order valence-corrected chi connectivity index (χ1v) is 5.56. The molecule has 1 heterocycles. The first-order valence-electron chi connectivity index (χ1n) is 5.56. The lowest BCUT2D eigenvalue weighted by Crippen LogP contribution is -2.38. The van der Waals surface area contributed by atoms with Crippen LogP contribution in [0.5, 0.6) is 0 Å². The summed E-state index contributed by atoms with van der Waals surface area (Å²) in [7, 11) is 1.84. The maximum Gasteiger partial charge on any atom is 0.356 e. The van der Waals surface area contributed by atoms with Crippen molar-refractivity contribution in [1.29, 1.82) is 0 Å². The second-order valence-corrected chi connectivity index (χ2v) is 4.24. The molecular formula is C11H15N3O3. The minimum Gasteiger partial charge on any atom is -0.476 e. The molecule has 2 N–H and O–H groups in total. The van der Waals surface area contributed by atoms with Crippen molar-refractivity contribution < 1.29 is 15.0 Å². The number of aromatic nitrogens is 2. The Labute approximate surface area is 98.9 Å². The Morgan fingerprint density at radius 3 is 2.65 bits per heavy atom. The molecule has 2 rings (SSSR count). The third kappa shape index (κ3) is 2.36. The molecule has 1 aliphatic rings. The smallest absolute Gasteiger partial charge is 0.356 e. The number of aromatic carboxylic acids is 1. The van der Waals surface area contributed by atoms with Crippen molar-refractivity contribution in [3.05, 3.63) is 18.1 Å². The number of carboxylic acids is 1. The zero-order valence-corrected chi connectivity index (χ0v) is 9.58. The Morgan fingerprint density at radius 2 is 2.18 bits per heavy atom. The number of carbonyl (C=O) groups is 1. The van der Waals surface area contributed by atoms with E-state index in [0.29, 0.717) is 5.82 Å². The van der Waals surface area contributed by atoms with Crippen LogP contribution in [-0.2, 0) is 0 Å². The summed E-state index contributed by atoms with van der Waals surface area (Å²) < 4.78 is 0. The van der Waals surface area contributed by atoms with E-state index in [-0.39, 0.29) is 17.8 Å². The van der Waals surface area contributed by atoms with Crippen LogP contribution in [0.15, 0.2) is 12.4 Å². The second kappa shape index (κ2) is 4.67. The van der Waals surface area contributed by atoms with Gasteiger partial charge in [0.2, 0.25) is 0 Å². The largest absolute Gasteiger partial charge is 0.476 e. The topological polar surface area (TPSA) is 86.6 Å². The lowest BCUT2D eigenvalue weighted by molar-refractivity contribution is 0.0690. The molecule has 1 saturated carbocycles. The molecule has 6 nitrogen and oxygen atoms in total. The van der Waals surface area contributed by atoms with Crippen LogP contribution in [0.25, 0.3) is 0 Å². The van der Waals surface area contributed by atoms with Gasteiger partial charge in [-0.25, -0.2) is 14.8 Å². The fraction of sp³-hybridized carbons (Fsp3) is 0.545. The number of rotatable bonds is 3. The number of aliphatic hydroxyl groups excluding tert-OH is 1. The third-order valence-corrected chi connectivity index (χ3v) is 3.16. The second-order valence-electron chi connectivity index (χ2n) is 4.24. The molecule has 0 aliphatic heterocycles. The zero-order chi connectivity index (χ0) is 12.4. The van der Waals surface area contributed by atoms with E-state index in [1.54, 1.807) is 0 Å². The van der Waals surface area contributed by atoms with Gasteiger partial charge in [0, 0.05) is 7.05 Å². The Bertz CT molecular complexity index is 407. The number of hydrogen-bond donors (Lipinski definition) is 2. The van der Waals surface area contributed by atoms with Gasteiger partial charge in [-0.15, -0.1) is 0 Å². The molecule has 1 aliphatic carbocycles. The van der Waals surface area contributed by atoms with Crippen molar-refractivity contribution >= 4 is 11.8 Å². The van der Waals surface area contributed by atoms with Crippen LogP contribution in [0, 0.1) is 0 Å². The van der Waals surface area contributed by atoms with Gasteiger partial charge in [0.05, 0.1) is 24.5 Å². The highest BCUT2D eigenvalue weighted by Gasteiger charge is 2.29. The Balaban J connectivity index is 2.14. The van der Waals surface area contributed by atoms with E-state index >= 15 is 0 Å². The monoisotopic (exact) mass is 237 g/mol. The predicted molar refractivity (Wildman–Crippen MR) is 61.0 cm³/mol. The van der Waals surface area contributed by atoms with Crippen LogP contribution in [0.3, 0.4) is 0 Å². The van der Waals surface area contributed by atoms with E-state index in [2.05, 4.69) is 9.97 Å². The van der Waals surface area contributed by atoms with Gasteiger partial charge >= 0.3 is 5.97 Å². The van der Waals surface area contributed by atoms with Crippen molar-refractivity contribution in [2.45, 2.75) is 31.4 Å². The molecule has 0 bridgehead atoms. The molecule has 2 atom stereocenters. The summed E-state index contributed by atoms with van der Waals surface area (Å²) in [5, 5.41) is 18.5. The highest BCUT2D eigenvalue weighted by Crippen LogP contribution is 2.25. The summed E-state index contributed by atoms with van der Waals surface area (Å²) >= 11 is 0. The van der Waals surface area contributed by atoms with Crippen LogP contribution in [0.1, 0.15) is 29.8 Å². The lowest BCUT2D eigenvalue weighted by Gasteiger charge is -2.27. The van der Waals surface area contributed by atoms with Crippen LogP contribution in [-0.4, -0.2) is 45.3 Å². The molecule has 1 fully saturated rings. The van der Waals surface area contributed by atoms with Gasteiger partial charge in [-0.05, 0) is 19.3 Å². The normalized spacial score (nSPS) is 23.6. The van der Waals surface area contributed by atoms with Gasteiger partial charge in [0.1, 0.15) is 5.82 Å². The SMILES string of the molecule is CN(c1cnc(C(=O)O)cn1)[C@@H]1CCC[C@H]1O. The molecule has 17 heavy (non-hydrogen) atoms. The minimum atomic E-state index is -1.09. The van der Waals surface area contributed by atoms with Gasteiger partial charge in [-0.3, -0.25) is 0 Å². The summed E-state index contributed by atoms with van der Waals surface area (Å²) in [5.74, 6) is -0.506. The van der Waals surface area contributed by atoms with Gasteiger partial charge in [0.15, 0.2) is 5.69 Å². The summed E-state index contributed by atoms with van der Waals surface area (Å²) in [4.78, 5) is 20.4. The van der Waals surface area contributed by atoms with Crippen molar-refractivity contribution in [2.75, 3.05) is 11.9 Å². The first-order chi connectivity index (χ1) is 8.09. The number of anilines is 1. The van der Waals surface area contributed by atoms with Crippen LogP contribution < -0.4 is 4.90 Å². The Morgan fingerprint density at radius 1 is 1.41 bits per heavy atom.